The van der Waals surface area contributed by atoms with E-state index in [0.29, 0.717) is 0 Å². The quantitative estimate of drug-likeness (QED) is 0.705. The average Bonchev–Trinajstić information content (AvgIpc) is 2.46. The second-order valence-corrected chi connectivity index (χ2v) is 5.77. The summed E-state index contributed by atoms with van der Waals surface area (Å²) in [5, 5.41) is 18.0. The molecular weight excluding hydrogens is 328 g/mol. The van der Waals surface area contributed by atoms with Crippen molar-refractivity contribution in [2.75, 3.05) is 0 Å². The zero-order chi connectivity index (χ0) is 17.2. The third kappa shape index (κ3) is 3.84. The van der Waals surface area contributed by atoms with E-state index in [9.17, 15) is 18.0 Å². The van der Waals surface area contributed by atoms with Gasteiger partial charge in [-0.05, 0) is 30.3 Å². The zero-order valence-electron chi connectivity index (χ0n) is 11.3. The number of carboxylic acids is 2. The molecule has 0 fully saturated rings. The molecular formula is C14H10O8S. The van der Waals surface area contributed by atoms with Crippen LogP contribution in [0.3, 0.4) is 0 Å². The van der Waals surface area contributed by atoms with Crippen LogP contribution in [0.2, 0.25) is 0 Å². The summed E-state index contributed by atoms with van der Waals surface area (Å²) in [7, 11) is -4.56. The van der Waals surface area contributed by atoms with Crippen LogP contribution in [0.1, 0.15) is 20.7 Å². The van der Waals surface area contributed by atoms with Gasteiger partial charge in [0, 0.05) is 0 Å². The van der Waals surface area contributed by atoms with Crippen molar-refractivity contribution >= 4 is 22.1 Å². The molecule has 9 heteroatoms. The van der Waals surface area contributed by atoms with E-state index in [0.717, 1.165) is 24.3 Å². The zero-order valence-corrected chi connectivity index (χ0v) is 12.1. The predicted octanol–water partition coefficient (Wildman–Crippen LogP) is 2.12. The summed E-state index contributed by atoms with van der Waals surface area (Å²) in [6, 6.07) is 8.12. The van der Waals surface area contributed by atoms with E-state index in [1.807, 2.05) is 0 Å². The lowest BCUT2D eigenvalue weighted by molar-refractivity contribution is 0.0696. The molecule has 0 aliphatic heterocycles. The van der Waals surface area contributed by atoms with Gasteiger partial charge in [-0.2, -0.15) is 8.42 Å². The SMILES string of the molecule is O=C(O)c1cc(Oc2ccccc2S(=O)(=O)O)cc(C(=O)O)c1. The van der Waals surface area contributed by atoms with E-state index < -0.39 is 27.0 Å². The number of aromatic carboxylic acids is 2. The normalized spacial score (nSPS) is 11.0. The lowest BCUT2D eigenvalue weighted by atomic mass is 10.1. The molecule has 2 rings (SSSR count). The highest BCUT2D eigenvalue weighted by Crippen LogP contribution is 2.29. The van der Waals surface area contributed by atoms with E-state index in [1.165, 1.54) is 18.2 Å². The summed E-state index contributed by atoms with van der Waals surface area (Å²) in [5.41, 5.74) is -0.687. The third-order valence-electron chi connectivity index (χ3n) is 2.76. The number of carbonyl (C=O) groups is 2. The van der Waals surface area contributed by atoms with Crippen LogP contribution < -0.4 is 4.74 Å². The van der Waals surface area contributed by atoms with Crippen LogP contribution in [-0.2, 0) is 10.1 Å². The summed E-state index contributed by atoms with van der Waals surface area (Å²) in [6.45, 7) is 0. The smallest absolute Gasteiger partial charge is 0.335 e. The molecule has 23 heavy (non-hydrogen) atoms. The van der Waals surface area contributed by atoms with Gasteiger partial charge in [0.1, 0.15) is 16.4 Å². The fourth-order valence-corrected chi connectivity index (χ4v) is 2.39. The minimum absolute atomic E-state index is 0.196. The van der Waals surface area contributed by atoms with Crippen molar-refractivity contribution in [1.29, 1.82) is 0 Å². The molecule has 0 unspecified atom stereocenters. The first kappa shape index (κ1) is 16.5. The summed E-state index contributed by atoms with van der Waals surface area (Å²) < 4.78 is 37.0. The van der Waals surface area contributed by atoms with Gasteiger partial charge in [0.15, 0.2) is 0 Å². The summed E-state index contributed by atoms with van der Waals surface area (Å²) >= 11 is 0. The lowest BCUT2D eigenvalue weighted by Crippen LogP contribution is -2.04. The number of ether oxygens (including phenoxy) is 1. The van der Waals surface area contributed by atoms with Crippen LogP contribution in [0.25, 0.3) is 0 Å². The maximum atomic E-state index is 11.3. The highest BCUT2D eigenvalue weighted by atomic mass is 32.2. The molecule has 0 saturated heterocycles. The second-order valence-electron chi connectivity index (χ2n) is 4.38. The van der Waals surface area contributed by atoms with Crippen molar-refractivity contribution in [3.8, 4) is 11.5 Å². The molecule has 0 heterocycles. The maximum absolute atomic E-state index is 11.3. The molecule has 0 spiro atoms. The molecule has 0 amide bonds. The van der Waals surface area contributed by atoms with Crippen molar-refractivity contribution in [1.82, 2.24) is 0 Å². The molecule has 3 N–H and O–H groups in total. The molecule has 0 saturated carbocycles. The van der Waals surface area contributed by atoms with E-state index in [1.54, 1.807) is 0 Å². The highest BCUT2D eigenvalue weighted by molar-refractivity contribution is 7.86. The van der Waals surface area contributed by atoms with Gasteiger partial charge in [0.2, 0.25) is 0 Å². The number of hydrogen-bond donors (Lipinski definition) is 3. The number of para-hydroxylation sites is 1. The Balaban J connectivity index is 2.53. The van der Waals surface area contributed by atoms with E-state index in [-0.39, 0.29) is 22.6 Å². The Morgan fingerprint density at radius 2 is 1.43 bits per heavy atom. The van der Waals surface area contributed by atoms with Gasteiger partial charge >= 0.3 is 11.9 Å². The van der Waals surface area contributed by atoms with Gasteiger partial charge in [-0.25, -0.2) is 9.59 Å². The molecule has 0 aliphatic carbocycles. The first-order valence-corrected chi connectivity index (χ1v) is 7.48. The second kappa shape index (κ2) is 6.07. The summed E-state index contributed by atoms with van der Waals surface area (Å²) in [4.78, 5) is 21.5. The standard InChI is InChI=1S/C14H10O8S/c15-13(16)8-5-9(14(17)18)7-10(6-8)22-11-3-1-2-4-12(11)23(19,20)21/h1-7H,(H,15,16)(H,17,18)(H,19,20,21). The maximum Gasteiger partial charge on any atom is 0.335 e. The third-order valence-corrected chi connectivity index (χ3v) is 3.65. The summed E-state index contributed by atoms with van der Waals surface area (Å²) in [6.07, 6.45) is 0. The van der Waals surface area contributed by atoms with Gasteiger partial charge in [0.25, 0.3) is 10.1 Å². The fraction of sp³-hybridized carbons (Fsp3) is 0. The minimum atomic E-state index is -4.56. The van der Waals surface area contributed by atoms with Crippen LogP contribution in [0, 0.1) is 0 Å². The van der Waals surface area contributed by atoms with Crippen molar-refractivity contribution in [2.45, 2.75) is 4.90 Å². The molecule has 2 aromatic carbocycles. The molecule has 120 valence electrons. The monoisotopic (exact) mass is 338 g/mol. The van der Waals surface area contributed by atoms with Gasteiger partial charge in [0.05, 0.1) is 11.1 Å². The van der Waals surface area contributed by atoms with Crippen LogP contribution >= 0.6 is 0 Å². The number of benzene rings is 2. The van der Waals surface area contributed by atoms with Gasteiger partial charge in [-0.3, -0.25) is 4.55 Å². The Bertz CT molecular complexity index is 853. The lowest BCUT2D eigenvalue weighted by Gasteiger charge is -2.10. The van der Waals surface area contributed by atoms with Gasteiger partial charge < -0.3 is 14.9 Å². The minimum Gasteiger partial charge on any atom is -0.478 e. The molecule has 0 aliphatic rings. The van der Waals surface area contributed by atoms with Crippen molar-refractivity contribution in [3.05, 3.63) is 53.6 Å². The molecule has 2 aromatic rings. The highest BCUT2D eigenvalue weighted by Gasteiger charge is 2.18. The Morgan fingerprint density at radius 1 is 0.913 bits per heavy atom. The predicted molar refractivity (Wildman–Crippen MR) is 76.7 cm³/mol. The van der Waals surface area contributed by atoms with E-state index >= 15 is 0 Å². The topological polar surface area (TPSA) is 138 Å². The summed E-state index contributed by atoms with van der Waals surface area (Å²) in [5.74, 6) is -3.21. The van der Waals surface area contributed by atoms with Crippen molar-refractivity contribution in [3.63, 3.8) is 0 Å². The van der Waals surface area contributed by atoms with Crippen LogP contribution in [-0.4, -0.2) is 35.1 Å². The van der Waals surface area contributed by atoms with Crippen molar-refractivity contribution in [2.24, 2.45) is 0 Å². The van der Waals surface area contributed by atoms with Gasteiger partial charge in [-0.1, -0.05) is 12.1 Å². The van der Waals surface area contributed by atoms with Crippen LogP contribution in [0.4, 0.5) is 0 Å². The Morgan fingerprint density at radius 3 is 1.91 bits per heavy atom. The first-order valence-electron chi connectivity index (χ1n) is 6.04. The van der Waals surface area contributed by atoms with Crippen LogP contribution in [0.15, 0.2) is 47.4 Å². The molecule has 0 aromatic heterocycles. The first-order chi connectivity index (χ1) is 10.7. The van der Waals surface area contributed by atoms with E-state index in [4.69, 9.17) is 19.5 Å². The number of hydrogen-bond acceptors (Lipinski definition) is 5. The van der Waals surface area contributed by atoms with Crippen molar-refractivity contribution < 1.29 is 37.5 Å². The van der Waals surface area contributed by atoms with Gasteiger partial charge in [-0.15, -0.1) is 0 Å². The Hall–Kier alpha value is -2.91. The molecule has 0 radical (unpaired) electrons. The number of carboxylic acid groups (broad SMARTS) is 2. The fourth-order valence-electron chi connectivity index (χ4n) is 1.78. The molecule has 0 bridgehead atoms. The average molecular weight is 338 g/mol. The Kier molecular flexibility index (Phi) is 4.34. The van der Waals surface area contributed by atoms with Crippen LogP contribution in [0.5, 0.6) is 11.5 Å². The largest absolute Gasteiger partial charge is 0.478 e. The molecule has 8 nitrogen and oxygen atoms in total. The van der Waals surface area contributed by atoms with E-state index in [2.05, 4.69) is 0 Å². The Labute approximate surface area is 130 Å². The molecule has 0 atom stereocenters. The number of rotatable bonds is 5.